The maximum absolute atomic E-state index is 15.0. The zero-order valence-electron chi connectivity index (χ0n) is 20.0. The van der Waals surface area contributed by atoms with Crippen LogP contribution in [0.5, 0.6) is 23.0 Å². The second-order valence-corrected chi connectivity index (χ2v) is 9.27. The number of hydrogen-bond donors (Lipinski definition) is 1. The standard InChI is InChI=1S/C28H28FNO5S/c1-2-9-20-18-24(35-22-11-4-3-5-12-22)14-15-25(20)34-17-7-6-16-33-23-13-8-10-21(19-23)28(29)26(31)36-27(32)30-28/h3-5,8,10-15,18-19H,2,6-7,9,16-17H2,1H3,(H,30,32). The molecule has 3 aromatic carbocycles. The molecule has 6 nitrogen and oxygen atoms in total. The predicted octanol–water partition coefficient (Wildman–Crippen LogP) is 6.77. The third kappa shape index (κ3) is 6.37. The number of amides is 1. The van der Waals surface area contributed by atoms with E-state index in [0.717, 1.165) is 48.5 Å². The second-order valence-electron chi connectivity index (χ2n) is 8.33. The summed E-state index contributed by atoms with van der Waals surface area (Å²) in [7, 11) is 0. The van der Waals surface area contributed by atoms with Gasteiger partial charge in [-0.15, -0.1) is 0 Å². The number of alkyl halides is 1. The number of unbranched alkanes of at least 4 members (excludes halogenated alkanes) is 1. The van der Waals surface area contributed by atoms with Gasteiger partial charge in [0.15, 0.2) is 0 Å². The first-order valence-corrected chi connectivity index (χ1v) is 12.7. The zero-order valence-corrected chi connectivity index (χ0v) is 20.8. The van der Waals surface area contributed by atoms with Gasteiger partial charge in [-0.1, -0.05) is 43.7 Å². The van der Waals surface area contributed by atoms with Gasteiger partial charge in [0, 0.05) is 17.3 Å². The highest BCUT2D eigenvalue weighted by Gasteiger charge is 2.49. The summed E-state index contributed by atoms with van der Waals surface area (Å²) in [5.74, 6) is 0.329. The Balaban J connectivity index is 1.25. The Morgan fingerprint density at radius 2 is 1.61 bits per heavy atom. The van der Waals surface area contributed by atoms with Crippen molar-refractivity contribution in [1.82, 2.24) is 5.32 Å². The van der Waals surface area contributed by atoms with Gasteiger partial charge in [-0.25, -0.2) is 4.39 Å². The fourth-order valence-electron chi connectivity index (χ4n) is 3.79. The lowest BCUT2D eigenvalue weighted by Gasteiger charge is -2.18. The Morgan fingerprint density at radius 3 is 2.33 bits per heavy atom. The number of aryl methyl sites for hydroxylation is 1. The molecule has 0 aliphatic carbocycles. The Labute approximate surface area is 214 Å². The van der Waals surface area contributed by atoms with Gasteiger partial charge in [0.1, 0.15) is 23.0 Å². The molecule has 3 aromatic rings. The van der Waals surface area contributed by atoms with Gasteiger partial charge < -0.3 is 19.5 Å². The highest BCUT2D eigenvalue weighted by atomic mass is 32.2. The SMILES string of the molecule is CCCc1cc(Oc2ccccc2)ccc1OCCCCOc1cccc(C2(F)NC(=O)SC2=O)c1. The number of rotatable bonds is 12. The molecule has 1 unspecified atom stereocenters. The van der Waals surface area contributed by atoms with E-state index in [1.807, 2.05) is 48.5 Å². The largest absolute Gasteiger partial charge is 0.494 e. The van der Waals surface area contributed by atoms with E-state index in [9.17, 15) is 14.0 Å². The van der Waals surface area contributed by atoms with Crippen LogP contribution >= 0.6 is 11.8 Å². The summed E-state index contributed by atoms with van der Waals surface area (Å²) in [6, 6.07) is 21.7. The average Bonchev–Trinajstić information content (AvgIpc) is 3.15. The molecule has 1 atom stereocenters. The van der Waals surface area contributed by atoms with Crippen LogP contribution in [0.2, 0.25) is 0 Å². The Hall–Kier alpha value is -3.52. The number of ether oxygens (including phenoxy) is 3. The van der Waals surface area contributed by atoms with Crippen LogP contribution in [0.25, 0.3) is 0 Å². The van der Waals surface area contributed by atoms with Crippen LogP contribution in [-0.4, -0.2) is 23.6 Å². The smallest absolute Gasteiger partial charge is 0.289 e. The van der Waals surface area contributed by atoms with E-state index in [2.05, 4.69) is 12.2 Å². The molecule has 1 N–H and O–H groups in total. The summed E-state index contributed by atoms with van der Waals surface area (Å²) < 4.78 is 32.7. The van der Waals surface area contributed by atoms with E-state index in [1.54, 1.807) is 12.1 Å². The van der Waals surface area contributed by atoms with E-state index in [-0.39, 0.29) is 5.56 Å². The molecule has 8 heteroatoms. The Bertz CT molecular complexity index is 1210. The molecular weight excluding hydrogens is 481 g/mol. The van der Waals surface area contributed by atoms with E-state index >= 15 is 0 Å². The number of para-hydroxylation sites is 1. The fraction of sp³-hybridized carbons (Fsp3) is 0.286. The van der Waals surface area contributed by atoms with Gasteiger partial charge in [0.25, 0.3) is 16.1 Å². The van der Waals surface area contributed by atoms with Crippen molar-refractivity contribution in [3.8, 4) is 23.0 Å². The number of carbonyl (C=O) groups excluding carboxylic acids is 2. The van der Waals surface area contributed by atoms with E-state index in [1.165, 1.54) is 12.1 Å². The topological polar surface area (TPSA) is 73.9 Å². The molecule has 1 saturated heterocycles. The molecule has 0 radical (unpaired) electrons. The maximum atomic E-state index is 15.0. The molecule has 1 aliphatic rings. The lowest BCUT2D eigenvalue weighted by molar-refractivity contribution is -0.122. The minimum Gasteiger partial charge on any atom is -0.494 e. The molecule has 0 bridgehead atoms. The average molecular weight is 510 g/mol. The molecule has 4 rings (SSSR count). The quantitative estimate of drug-likeness (QED) is 0.214. The third-order valence-corrected chi connectivity index (χ3v) is 6.32. The minimum absolute atomic E-state index is 0.0508. The number of benzene rings is 3. The van der Waals surface area contributed by atoms with Crippen molar-refractivity contribution >= 4 is 22.1 Å². The molecule has 0 aromatic heterocycles. The van der Waals surface area contributed by atoms with Crippen molar-refractivity contribution in [1.29, 1.82) is 0 Å². The van der Waals surface area contributed by atoms with Crippen molar-refractivity contribution in [3.63, 3.8) is 0 Å². The molecular formula is C28H28FNO5S. The van der Waals surface area contributed by atoms with Crippen LogP contribution < -0.4 is 19.5 Å². The summed E-state index contributed by atoms with van der Waals surface area (Å²) in [6.45, 7) is 3.07. The van der Waals surface area contributed by atoms with Crippen LogP contribution in [0.1, 0.15) is 37.3 Å². The van der Waals surface area contributed by atoms with Gasteiger partial charge in [-0.05, 0) is 67.3 Å². The number of halogens is 1. The molecule has 1 fully saturated rings. The lowest BCUT2D eigenvalue weighted by atomic mass is 10.1. The molecule has 188 valence electrons. The first kappa shape index (κ1) is 25.6. The van der Waals surface area contributed by atoms with Crippen LogP contribution in [0.4, 0.5) is 9.18 Å². The Morgan fingerprint density at radius 1 is 0.861 bits per heavy atom. The van der Waals surface area contributed by atoms with Crippen molar-refractivity contribution < 1.29 is 28.2 Å². The summed E-state index contributed by atoms with van der Waals surface area (Å²) >= 11 is 0.332. The van der Waals surface area contributed by atoms with E-state index in [0.29, 0.717) is 30.7 Å². The predicted molar refractivity (Wildman–Crippen MR) is 138 cm³/mol. The minimum atomic E-state index is -2.52. The van der Waals surface area contributed by atoms with Gasteiger partial charge in [-0.2, -0.15) is 0 Å². The summed E-state index contributed by atoms with van der Waals surface area (Å²) in [5.41, 5.74) is 1.15. The van der Waals surface area contributed by atoms with Crippen molar-refractivity contribution in [2.24, 2.45) is 0 Å². The normalized spacial score (nSPS) is 17.1. The molecule has 36 heavy (non-hydrogen) atoms. The number of thioether (sulfide) groups is 1. The van der Waals surface area contributed by atoms with Gasteiger partial charge in [0.05, 0.1) is 13.2 Å². The molecule has 0 saturated carbocycles. The highest BCUT2D eigenvalue weighted by Crippen LogP contribution is 2.36. The first-order chi connectivity index (χ1) is 17.5. The number of carbonyl (C=O) groups is 2. The van der Waals surface area contributed by atoms with Crippen LogP contribution in [0, 0.1) is 0 Å². The van der Waals surface area contributed by atoms with Gasteiger partial charge >= 0.3 is 0 Å². The molecule has 1 amide bonds. The summed E-state index contributed by atoms with van der Waals surface area (Å²) in [6.07, 6.45) is 3.38. The summed E-state index contributed by atoms with van der Waals surface area (Å²) in [5, 5.41) is 0.509. The lowest BCUT2D eigenvalue weighted by Crippen LogP contribution is -2.38. The summed E-state index contributed by atoms with van der Waals surface area (Å²) in [4.78, 5) is 23.3. The first-order valence-electron chi connectivity index (χ1n) is 11.9. The number of hydrogen-bond acceptors (Lipinski definition) is 6. The molecule has 1 aliphatic heterocycles. The highest BCUT2D eigenvalue weighted by molar-refractivity contribution is 8.26. The molecule has 0 spiro atoms. The number of nitrogens with one attached hydrogen (secondary N) is 1. The second kappa shape index (κ2) is 11.9. The molecule has 1 heterocycles. The van der Waals surface area contributed by atoms with Crippen molar-refractivity contribution in [3.05, 3.63) is 83.9 Å². The van der Waals surface area contributed by atoms with Crippen LogP contribution in [0.3, 0.4) is 0 Å². The van der Waals surface area contributed by atoms with Crippen molar-refractivity contribution in [2.75, 3.05) is 13.2 Å². The monoisotopic (exact) mass is 509 g/mol. The van der Waals surface area contributed by atoms with E-state index in [4.69, 9.17) is 14.2 Å². The Kier molecular flexibility index (Phi) is 8.48. The van der Waals surface area contributed by atoms with E-state index < -0.39 is 16.1 Å². The van der Waals surface area contributed by atoms with Crippen molar-refractivity contribution in [2.45, 2.75) is 38.4 Å². The zero-order chi connectivity index (χ0) is 25.4. The van der Waals surface area contributed by atoms with Gasteiger partial charge in [-0.3, -0.25) is 9.59 Å². The maximum Gasteiger partial charge on any atom is 0.289 e. The van der Waals surface area contributed by atoms with Crippen LogP contribution in [0.15, 0.2) is 72.8 Å². The van der Waals surface area contributed by atoms with Crippen LogP contribution in [-0.2, 0) is 17.0 Å². The van der Waals surface area contributed by atoms with Gasteiger partial charge in [0.2, 0.25) is 0 Å². The third-order valence-electron chi connectivity index (χ3n) is 5.57. The fourth-order valence-corrected chi connectivity index (χ4v) is 4.46.